The number of methoxy groups -OCH3 is 1. The number of fused-ring (bicyclic) bond motifs is 1. The van der Waals surface area contributed by atoms with Crippen molar-refractivity contribution in [3.8, 4) is 5.75 Å². The molecule has 0 unspecified atom stereocenters. The maximum absolute atomic E-state index is 14.2. The number of amides is 1. The molecule has 1 amide bonds. The molecule has 1 aliphatic carbocycles. The first-order valence-electron chi connectivity index (χ1n) is 11.2. The predicted molar refractivity (Wildman–Crippen MR) is 119 cm³/mol. The zero-order valence-electron chi connectivity index (χ0n) is 18.5. The number of aromatic nitrogens is 2. The number of carbonyl (C=O) groups excluding carboxylic acids is 1. The molecule has 33 heavy (non-hydrogen) atoms. The number of rotatable bonds is 7. The monoisotopic (exact) mass is 452 g/mol. The average Bonchev–Trinajstić information content (AvgIpc) is 3.56. The summed E-state index contributed by atoms with van der Waals surface area (Å²) >= 11 is 0. The van der Waals surface area contributed by atoms with Gasteiger partial charge >= 0.3 is 0 Å². The summed E-state index contributed by atoms with van der Waals surface area (Å²) in [5.74, 6) is -0.530. The van der Waals surface area contributed by atoms with Gasteiger partial charge < -0.3 is 10.1 Å². The van der Waals surface area contributed by atoms with Gasteiger partial charge in [-0.15, -0.1) is 0 Å². The maximum atomic E-state index is 14.2. The maximum Gasteiger partial charge on any atom is 0.272 e. The number of hydrogen-bond acceptors (Lipinski definition) is 4. The fraction of sp³-hybridized carbons (Fsp3) is 0.360. The van der Waals surface area contributed by atoms with Gasteiger partial charge in [-0.1, -0.05) is 18.2 Å². The van der Waals surface area contributed by atoms with Gasteiger partial charge in [0.2, 0.25) is 0 Å². The van der Waals surface area contributed by atoms with Gasteiger partial charge in [-0.2, -0.15) is 5.10 Å². The van der Waals surface area contributed by atoms with E-state index >= 15 is 0 Å². The van der Waals surface area contributed by atoms with Crippen LogP contribution in [0.5, 0.6) is 5.75 Å². The van der Waals surface area contributed by atoms with Crippen LogP contribution in [0.25, 0.3) is 0 Å². The summed E-state index contributed by atoms with van der Waals surface area (Å²) in [5, 5.41) is 7.71. The van der Waals surface area contributed by atoms with Crippen LogP contribution < -0.4 is 10.1 Å². The molecule has 1 N–H and O–H groups in total. The molecule has 0 atom stereocenters. The van der Waals surface area contributed by atoms with Crippen LogP contribution in [0.1, 0.15) is 45.7 Å². The Morgan fingerprint density at radius 3 is 2.64 bits per heavy atom. The van der Waals surface area contributed by atoms with Gasteiger partial charge in [0.25, 0.3) is 5.91 Å². The third-order valence-electron chi connectivity index (χ3n) is 6.25. The van der Waals surface area contributed by atoms with Crippen molar-refractivity contribution in [3.63, 3.8) is 0 Å². The fourth-order valence-corrected chi connectivity index (χ4v) is 4.33. The number of ether oxygens (including phenoxy) is 1. The van der Waals surface area contributed by atoms with E-state index in [1.54, 1.807) is 7.11 Å². The highest BCUT2D eigenvalue weighted by Crippen LogP contribution is 2.27. The van der Waals surface area contributed by atoms with E-state index in [1.807, 2.05) is 33.8 Å². The summed E-state index contributed by atoms with van der Waals surface area (Å²) in [4.78, 5) is 14.9. The van der Waals surface area contributed by atoms with Crippen molar-refractivity contribution >= 4 is 5.91 Å². The van der Waals surface area contributed by atoms with Gasteiger partial charge in [0.1, 0.15) is 17.4 Å². The highest BCUT2D eigenvalue weighted by atomic mass is 19.1. The Morgan fingerprint density at radius 2 is 1.91 bits per heavy atom. The van der Waals surface area contributed by atoms with E-state index in [0.29, 0.717) is 31.7 Å². The summed E-state index contributed by atoms with van der Waals surface area (Å²) in [6.07, 6.45) is 2.60. The quantitative estimate of drug-likeness (QED) is 0.594. The van der Waals surface area contributed by atoms with Crippen LogP contribution in [0.4, 0.5) is 8.78 Å². The minimum absolute atomic E-state index is 0.0497. The SMILES string of the molecule is COc1cccc(Cn2nc(C(=O)NC3CC3)c3c2CCN(Cc2c(F)cccc2F)C3)c1. The Hall–Kier alpha value is -3.26. The predicted octanol–water partition coefficient (Wildman–Crippen LogP) is 3.67. The smallest absolute Gasteiger partial charge is 0.272 e. The summed E-state index contributed by atoms with van der Waals surface area (Å²) in [7, 11) is 1.63. The molecule has 2 aliphatic rings. The number of hydrogen-bond donors (Lipinski definition) is 1. The highest BCUT2D eigenvalue weighted by Gasteiger charge is 2.31. The minimum atomic E-state index is -0.554. The lowest BCUT2D eigenvalue weighted by Gasteiger charge is -2.28. The van der Waals surface area contributed by atoms with Crippen molar-refractivity contribution in [1.29, 1.82) is 0 Å². The molecule has 1 fully saturated rings. The van der Waals surface area contributed by atoms with Crippen LogP contribution in [-0.2, 0) is 26.1 Å². The molecule has 172 valence electrons. The Balaban J connectivity index is 1.44. The number of nitrogens with one attached hydrogen (secondary N) is 1. The molecule has 1 saturated carbocycles. The molecule has 0 radical (unpaired) electrons. The summed E-state index contributed by atoms with van der Waals surface area (Å²) < 4.78 is 35.6. The van der Waals surface area contributed by atoms with Gasteiger partial charge in [0, 0.05) is 48.9 Å². The van der Waals surface area contributed by atoms with Crippen molar-refractivity contribution < 1.29 is 18.3 Å². The Kier molecular flexibility index (Phi) is 5.85. The van der Waals surface area contributed by atoms with Crippen LogP contribution in [0.2, 0.25) is 0 Å². The first-order chi connectivity index (χ1) is 16.0. The van der Waals surface area contributed by atoms with Crippen molar-refractivity contribution in [1.82, 2.24) is 20.0 Å². The first-order valence-corrected chi connectivity index (χ1v) is 11.2. The lowest BCUT2D eigenvalue weighted by atomic mass is 10.0. The highest BCUT2D eigenvalue weighted by molar-refractivity contribution is 5.94. The number of halogens is 2. The van der Waals surface area contributed by atoms with Gasteiger partial charge in [-0.3, -0.25) is 14.4 Å². The van der Waals surface area contributed by atoms with Crippen LogP contribution in [0.3, 0.4) is 0 Å². The van der Waals surface area contributed by atoms with Gasteiger partial charge in [0.15, 0.2) is 5.69 Å². The summed E-state index contributed by atoms with van der Waals surface area (Å²) in [6.45, 7) is 1.68. The van der Waals surface area contributed by atoms with E-state index in [4.69, 9.17) is 4.74 Å². The third kappa shape index (κ3) is 4.61. The van der Waals surface area contributed by atoms with Gasteiger partial charge in [-0.25, -0.2) is 8.78 Å². The summed E-state index contributed by atoms with van der Waals surface area (Å²) in [6, 6.07) is 11.9. The van der Waals surface area contributed by atoms with Crippen molar-refractivity contribution in [2.24, 2.45) is 0 Å². The lowest BCUT2D eigenvalue weighted by molar-refractivity contribution is 0.0942. The second kappa shape index (κ2) is 8.94. The Labute approximate surface area is 191 Å². The van der Waals surface area contributed by atoms with Crippen LogP contribution in [0.15, 0.2) is 42.5 Å². The van der Waals surface area contributed by atoms with Gasteiger partial charge in [-0.05, 0) is 42.7 Å². The molecule has 0 bridgehead atoms. The zero-order chi connectivity index (χ0) is 22.9. The van der Waals surface area contributed by atoms with E-state index in [-0.39, 0.29) is 24.1 Å². The van der Waals surface area contributed by atoms with E-state index in [1.165, 1.54) is 18.2 Å². The molecule has 2 heterocycles. The lowest BCUT2D eigenvalue weighted by Crippen LogP contribution is -2.33. The van der Waals surface area contributed by atoms with Crippen LogP contribution in [0, 0.1) is 11.6 Å². The Bertz CT molecular complexity index is 1170. The molecule has 8 heteroatoms. The molecule has 1 aromatic heterocycles. The third-order valence-corrected chi connectivity index (χ3v) is 6.25. The van der Waals surface area contributed by atoms with Crippen molar-refractivity contribution in [3.05, 3.63) is 82.2 Å². The van der Waals surface area contributed by atoms with E-state index in [2.05, 4.69) is 10.4 Å². The number of nitrogens with zero attached hydrogens (tertiary/aromatic N) is 3. The molecule has 6 nitrogen and oxygen atoms in total. The van der Waals surface area contributed by atoms with Crippen LogP contribution >= 0.6 is 0 Å². The summed E-state index contributed by atoms with van der Waals surface area (Å²) in [5.41, 5.74) is 3.29. The van der Waals surface area contributed by atoms with Crippen molar-refractivity contribution in [2.75, 3.05) is 13.7 Å². The minimum Gasteiger partial charge on any atom is -0.497 e. The number of benzene rings is 2. The fourth-order valence-electron chi connectivity index (χ4n) is 4.33. The van der Waals surface area contributed by atoms with Crippen LogP contribution in [-0.4, -0.2) is 40.3 Å². The van der Waals surface area contributed by atoms with Crippen molar-refractivity contribution in [2.45, 2.75) is 44.9 Å². The van der Waals surface area contributed by atoms with E-state index in [0.717, 1.165) is 35.4 Å². The normalized spacial score (nSPS) is 15.8. The topological polar surface area (TPSA) is 59.4 Å². The van der Waals surface area contributed by atoms with Gasteiger partial charge in [0.05, 0.1) is 13.7 Å². The first kappa shape index (κ1) is 21.6. The largest absolute Gasteiger partial charge is 0.497 e. The molecule has 5 rings (SSSR count). The molecular weight excluding hydrogens is 426 g/mol. The van der Waals surface area contributed by atoms with E-state index < -0.39 is 11.6 Å². The second-order valence-corrected chi connectivity index (χ2v) is 8.69. The molecular formula is C25H26F2N4O2. The zero-order valence-corrected chi connectivity index (χ0v) is 18.5. The molecule has 0 spiro atoms. The Morgan fingerprint density at radius 1 is 1.15 bits per heavy atom. The molecule has 1 aliphatic heterocycles. The standard InChI is InChI=1S/C25H26F2N4O2/c1-33-18-5-2-4-16(12-18)13-31-23-10-11-30(14-19-21(26)6-3-7-22(19)27)15-20(23)24(29-31)25(32)28-17-8-9-17/h2-7,12,17H,8-11,13-15H2,1H3,(H,28,32). The average molecular weight is 453 g/mol. The molecule has 0 saturated heterocycles. The molecule has 3 aromatic rings. The molecule has 2 aromatic carbocycles. The van der Waals surface area contributed by atoms with E-state index in [9.17, 15) is 13.6 Å². The number of carbonyl (C=O) groups is 1. The second-order valence-electron chi connectivity index (χ2n) is 8.69.